The van der Waals surface area contributed by atoms with E-state index in [1.807, 2.05) is 18.2 Å². The van der Waals surface area contributed by atoms with E-state index in [0.717, 1.165) is 22.9 Å². The SMILES string of the molecule is [B]C(=O)N(C)CCc1cc(CC2SC(=O)NC2=O)ccc1OC. The van der Waals surface area contributed by atoms with Crippen LogP contribution in [0.4, 0.5) is 9.59 Å². The molecule has 1 fully saturated rings. The summed E-state index contributed by atoms with van der Waals surface area (Å²) in [5, 5.41) is 1.57. The average molecular weight is 332 g/mol. The van der Waals surface area contributed by atoms with Crippen LogP contribution in [0.25, 0.3) is 0 Å². The molecule has 0 aromatic heterocycles. The highest BCUT2D eigenvalue weighted by atomic mass is 32.2. The fourth-order valence-electron chi connectivity index (χ4n) is 2.29. The van der Waals surface area contributed by atoms with Gasteiger partial charge in [-0.3, -0.25) is 19.7 Å². The number of likely N-dealkylation sites (N-methyl/N-ethyl adjacent to an activating group) is 1. The van der Waals surface area contributed by atoms with Crippen molar-refractivity contribution >= 4 is 36.6 Å². The summed E-state index contributed by atoms with van der Waals surface area (Å²) in [6.07, 6.45) is 1.05. The van der Waals surface area contributed by atoms with Crippen molar-refractivity contribution in [3.8, 4) is 5.75 Å². The van der Waals surface area contributed by atoms with E-state index in [0.29, 0.717) is 25.1 Å². The second-order valence-electron chi connectivity index (χ2n) is 5.24. The smallest absolute Gasteiger partial charge is 0.286 e. The summed E-state index contributed by atoms with van der Waals surface area (Å²) < 4.78 is 5.33. The van der Waals surface area contributed by atoms with Crippen molar-refractivity contribution in [2.45, 2.75) is 18.1 Å². The van der Waals surface area contributed by atoms with Gasteiger partial charge in [-0.25, -0.2) is 0 Å². The molecule has 3 amide bonds. The summed E-state index contributed by atoms with van der Waals surface area (Å²) >= 11 is 1.01. The Bertz CT molecular complexity index is 638. The van der Waals surface area contributed by atoms with E-state index < -0.39 is 11.1 Å². The van der Waals surface area contributed by atoms with E-state index in [1.165, 1.54) is 4.90 Å². The summed E-state index contributed by atoms with van der Waals surface area (Å²) in [5.41, 5.74) is 1.86. The maximum absolute atomic E-state index is 11.7. The number of amides is 3. The second-order valence-corrected chi connectivity index (χ2v) is 6.42. The third-order valence-electron chi connectivity index (χ3n) is 3.63. The number of carbonyl (C=O) groups excluding carboxylic acids is 3. The Morgan fingerprint density at radius 3 is 2.74 bits per heavy atom. The summed E-state index contributed by atoms with van der Waals surface area (Å²) in [7, 11) is 8.42. The van der Waals surface area contributed by atoms with Crippen molar-refractivity contribution < 1.29 is 19.1 Å². The maximum Gasteiger partial charge on any atom is 0.286 e. The predicted molar refractivity (Wildman–Crippen MR) is 89.1 cm³/mol. The fourth-order valence-corrected chi connectivity index (χ4v) is 3.15. The Kier molecular flexibility index (Phi) is 5.71. The van der Waals surface area contributed by atoms with Gasteiger partial charge in [0.25, 0.3) is 5.24 Å². The third-order valence-corrected chi connectivity index (χ3v) is 4.61. The first-order valence-electron chi connectivity index (χ1n) is 7.08. The molecule has 1 aromatic carbocycles. The molecule has 0 spiro atoms. The normalized spacial score (nSPS) is 17.0. The standard InChI is InChI=1S/C15H17BN2O4S/c1-18(14(16)20)6-5-10-7-9(3-4-11(10)22-2)8-12-13(19)17-15(21)23-12/h3-4,7,12H,5-6,8H2,1-2H3,(H,17,19,21). The maximum atomic E-state index is 11.7. The molecule has 0 saturated carbocycles. The summed E-state index contributed by atoms with van der Waals surface area (Å²) in [6.45, 7) is 0.465. The zero-order valence-corrected chi connectivity index (χ0v) is 13.8. The largest absolute Gasteiger partial charge is 0.496 e. The number of thioether (sulfide) groups is 1. The van der Waals surface area contributed by atoms with Gasteiger partial charge in [-0.2, -0.15) is 0 Å². The minimum atomic E-state index is -0.488. The number of imide groups is 1. The molecule has 8 heteroatoms. The van der Waals surface area contributed by atoms with Gasteiger partial charge in [0.15, 0.2) is 5.81 Å². The van der Waals surface area contributed by atoms with E-state index in [4.69, 9.17) is 12.6 Å². The molecule has 120 valence electrons. The molecule has 1 aliphatic rings. The molecule has 1 unspecified atom stereocenters. The summed E-state index contributed by atoms with van der Waals surface area (Å²) in [5.74, 6) is -0.0327. The molecule has 1 aliphatic heterocycles. The van der Waals surface area contributed by atoms with E-state index >= 15 is 0 Å². The zero-order valence-electron chi connectivity index (χ0n) is 13.0. The number of hydrogen-bond acceptors (Lipinski definition) is 5. The molecular weight excluding hydrogens is 315 g/mol. The van der Waals surface area contributed by atoms with Crippen LogP contribution in [0.1, 0.15) is 11.1 Å². The number of nitrogens with one attached hydrogen (secondary N) is 1. The van der Waals surface area contributed by atoms with Crippen LogP contribution in [-0.2, 0) is 17.6 Å². The number of hydrogen-bond donors (Lipinski definition) is 1. The minimum absolute atomic E-state index is 0.258. The van der Waals surface area contributed by atoms with Crippen molar-refractivity contribution in [3.63, 3.8) is 0 Å². The first kappa shape index (κ1) is 17.4. The molecule has 1 aromatic rings. The highest BCUT2D eigenvalue weighted by molar-refractivity contribution is 8.15. The number of rotatable bonds is 6. The lowest BCUT2D eigenvalue weighted by molar-refractivity contribution is -0.118. The van der Waals surface area contributed by atoms with Gasteiger partial charge in [-0.05, 0) is 30.0 Å². The molecule has 6 nitrogen and oxygen atoms in total. The molecule has 1 heterocycles. The van der Waals surface area contributed by atoms with Gasteiger partial charge in [0.05, 0.1) is 12.4 Å². The van der Waals surface area contributed by atoms with E-state index in [9.17, 15) is 14.4 Å². The Labute approximate surface area is 140 Å². The Balaban J connectivity index is 2.10. The molecule has 2 radical (unpaired) electrons. The predicted octanol–water partition coefficient (Wildman–Crippen LogP) is 1.35. The van der Waals surface area contributed by atoms with Crippen LogP contribution >= 0.6 is 11.8 Å². The van der Waals surface area contributed by atoms with Crippen LogP contribution in [0.5, 0.6) is 5.75 Å². The molecular formula is C15H17BN2O4S. The van der Waals surface area contributed by atoms with Gasteiger partial charge in [0, 0.05) is 13.6 Å². The lowest BCUT2D eigenvalue weighted by Crippen LogP contribution is -2.27. The van der Waals surface area contributed by atoms with Crippen LogP contribution in [0.2, 0.25) is 0 Å². The van der Waals surface area contributed by atoms with Crippen LogP contribution in [0.15, 0.2) is 18.2 Å². The first-order chi connectivity index (χ1) is 10.9. The van der Waals surface area contributed by atoms with Crippen molar-refractivity contribution in [3.05, 3.63) is 29.3 Å². The number of ether oxygens (including phenoxy) is 1. The van der Waals surface area contributed by atoms with Crippen LogP contribution in [-0.4, -0.2) is 55.7 Å². The van der Waals surface area contributed by atoms with Crippen LogP contribution in [0.3, 0.4) is 0 Å². The van der Waals surface area contributed by atoms with Crippen molar-refractivity contribution in [1.29, 1.82) is 0 Å². The molecule has 0 bridgehead atoms. The van der Waals surface area contributed by atoms with Crippen molar-refractivity contribution in [2.75, 3.05) is 20.7 Å². The van der Waals surface area contributed by atoms with Crippen molar-refractivity contribution in [2.24, 2.45) is 0 Å². The molecule has 0 aliphatic carbocycles. The van der Waals surface area contributed by atoms with Gasteiger partial charge >= 0.3 is 0 Å². The van der Waals surface area contributed by atoms with Crippen LogP contribution in [0, 0.1) is 0 Å². The molecule has 23 heavy (non-hydrogen) atoms. The highest BCUT2D eigenvalue weighted by Crippen LogP contribution is 2.26. The number of carbonyl (C=O) groups is 3. The van der Waals surface area contributed by atoms with E-state index in [1.54, 1.807) is 14.2 Å². The Hall–Kier alpha value is -1.96. The Morgan fingerprint density at radius 1 is 1.43 bits per heavy atom. The topological polar surface area (TPSA) is 75.7 Å². The van der Waals surface area contributed by atoms with Crippen LogP contribution < -0.4 is 10.1 Å². The first-order valence-corrected chi connectivity index (χ1v) is 7.96. The molecule has 1 saturated heterocycles. The second kappa shape index (κ2) is 7.54. The zero-order chi connectivity index (χ0) is 17.0. The molecule has 1 N–H and O–H groups in total. The minimum Gasteiger partial charge on any atom is -0.496 e. The van der Waals surface area contributed by atoms with E-state index in [-0.39, 0.29) is 11.1 Å². The summed E-state index contributed by atoms with van der Waals surface area (Å²) in [4.78, 5) is 35.4. The highest BCUT2D eigenvalue weighted by Gasteiger charge is 2.31. The Morgan fingerprint density at radius 2 is 2.17 bits per heavy atom. The monoisotopic (exact) mass is 332 g/mol. The van der Waals surface area contributed by atoms with Gasteiger partial charge in [-0.15, -0.1) is 0 Å². The molecule has 1 atom stereocenters. The average Bonchev–Trinajstić information content (AvgIpc) is 2.82. The third kappa shape index (κ3) is 4.51. The van der Waals surface area contributed by atoms with E-state index in [2.05, 4.69) is 5.32 Å². The van der Waals surface area contributed by atoms with Gasteiger partial charge in [0.2, 0.25) is 13.8 Å². The number of benzene rings is 1. The quantitative estimate of drug-likeness (QED) is 0.796. The molecule has 2 rings (SSSR count). The van der Waals surface area contributed by atoms with Gasteiger partial charge in [0.1, 0.15) is 5.75 Å². The van der Waals surface area contributed by atoms with Gasteiger partial charge in [-0.1, -0.05) is 23.9 Å². The number of methoxy groups -OCH3 is 1. The fraction of sp³-hybridized carbons (Fsp3) is 0.400. The van der Waals surface area contributed by atoms with Gasteiger partial charge < -0.3 is 9.64 Å². The number of nitrogens with zero attached hydrogens (tertiary/aromatic N) is 1. The summed E-state index contributed by atoms with van der Waals surface area (Å²) in [6, 6.07) is 5.63. The lowest BCUT2D eigenvalue weighted by atomic mass is 10.0. The lowest BCUT2D eigenvalue weighted by Gasteiger charge is -2.17. The van der Waals surface area contributed by atoms with Crippen molar-refractivity contribution in [1.82, 2.24) is 10.2 Å².